The van der Waals surface area contributed by atoms with Gasteiger partial charge in [-0.25, -0.2) is 12.8 Å². The number of nitrogens with two attached hydrogens (primary N) is 1. The standard InChI is InChI=1S/C18H15F7N2O3S/c1-27(15(28)10-5-3-6-11(26)9-10)13-8-4-7-12(14(13)31(2,29)30)16(19,17(20,21)22)18(23,24)25/h3-9H,26H2,1-2H3. The van der Waals surface area contributed by atoms with Crippen molar-refractivity contribution in [2.75, 3.05) is 23.9 Å². The Labute approximate surface area is 172 Å². The number of carbonyl (C=O) groups excluding carboxylic acids is 1. The first-order valence-electron chi connectivity index (χ1n) is 8.22. The van der Waals surface area contributed by atoms with Crippen LogP contribution in [-0.4, -0.2) is 40.0 Å². The fraction of sp³-hybridized carbons (Fsp3) is 0.278. The average molecular weight is 472 g/mol. The summed E-state index contributed by atoms with van der Waals surface area (Å²) in [5, 5.41) is 0. The molecule has 0 aliphatic heterocycles. The topological polar surface area (TPSA) is 80.5 Å². The molecule has 0 heterocycles. The molecule has 0 unspecified atom stereocenters. The highest BCUT2D eigenvalue weighted by Gasteiger charge is 2.74. The third kappa shape index (κ3) is 4.31. The molecule has 0 aromatic heterocycles. The number of sulfone groups is 1. The fourth-order valence-corrected chi connectivity index (χ4v) is 4.08. The summed E-state index contributed by atoms with van der Waals surface area (Å²) in [6, 6.07) is 6.61. The van der Waals surface area contributed by atoms with Gasteiger partial charge in [0.05, 0.1) is 10.6 Å². The molecule has 0 radical (unpaired) electrons. The molecule has 5 nitrogen and oxygen atoms in total. The van der Waals surface area contributed by atoms with Gasteiger partial charge in [0, 0.05) is 30.1 Å². The number of hydrogen-bond donors (Lipinski definition) is 1. The predicted molar refractivity (Wildman–Crippen MR) is 98.0 cm³/mol. The molecule has 0 atom stereocenters. The monoisotopic (exact) mass is 472 g/mol. The zero-order chi connectivity index (χ0) is 24.0. The molecule has 0 aliphatic carbocycles. The van der Waals surface area contributed by atoms with Crippen LogP contribution in [0.4, 0.5) is 42.1 Å². The first-order valence-corrected chi connectivity index (χ1v) is 10.1. The number of halogens is 7. The van der Waals surface area contributed by atoms with Gasteiger partial charge in [0.25, 0.3) is 5.91 Å². The third-order valence-corrected chi connectivity index (χ3v) is 5.49. The highest BCUT2D eigenvalue weighted by Crippen LogP contribution is 2.55. The molecule has 0 fully saturated rings. The van der Waals surface area contributed by atoms with Gasteiger partial charge in [-0.2, -0.15) is 26.3 Å². The Morgan fingerprint density at radius 1 is 0.935 bits per heavy atom. The SMILES string of the molecule is CN(C(=O)c1cccc(N)c1)c1cccc(C(F)(C(F)(F)F)C(F)(F)F)c1S(C)(=O)=O. The first-order chi connectivity index (χ1) is 13.9. The lowest BCUT2D eigenvalue weighted by molar-refractivity contribution is -0.349. The molecule has 13 heteroatoms. The molecule has 1 amide bonds. The summed E-state index contributed by atoms with van der Waals surface area (Å²) in [6.45, 7) is 0. The summed E-state index contributed by atoms with van der Waals surface area (Å²) < 4.78 is 119. The molecule has 2 aromatic rings. The Hall–Kier alpha value is -2.83. The smallest absolute Gasteiger partial charge is 0.399 e. The van der Waals surface area contributed by atoms with E-state index in [9.17, 15) is 43.9 Å². The largest absolute Gasteiger partial charge is 0.435 e. The van der Waals surface area contributed by atoms with E-state index < -0.39 is 49.9 Å². The van der Waals surface area contributed by atoms with E-state index in [1.165, 1.54) is 18.2 Å². The van der Waals surface area contributed by atoms with Crippen LogP contribution in [0.3, 0.4) is 0 Å². The van der Waals surface area contributed by atoms with Gasteiger partial charge in [-0.05, 0) is 24.3 Å². The molecule has 2 N–H and O–H groups in total. The van der Waals surface area contributed by atoms with Crippen LogP contribution in [0.1, 0.15) is 15.9 Å². The summed E-state index contributed by atoms with van der Waals surface area (Å²) in [7, 11) is -3.98. The average Bonchev–Trinajstić information content (AvgIpc) is 2.63. The predicted octanol–water partition coefficient (Wildman–Crippen LogP) is 4.24. The van der Waals surface area contributed by atoms with Crippen molar-refractivity contribution in [2.24, 2.45) is 0 Å². The van der Waals surface area contributed by atoms with Crippen LogP contribution in [0.2, 0.25) is 0 Å². The van der Waals surface area contributed by atoms with Crippen molar-refractivity contribution in [1.82, 2.24) is 0 Å². The van der Waals surface area contributed by atoms with Gasteiger partial charge < -0.3 is 10.6 Å². The Morgan fingerprint density at radius 2 is 1.45 bits per heavy atom. The van der Waals surface area contributed by atoms with E-state index in [2.05, 4.69) is 0 Å². The van der Waals surface area contributed by atoms with Crippen molar-refractivity contribution in [3.63, 3.8) is 0 Å². The lowest BCUT2D eigenvalue weighted by atomic mass is 9.93. The van der Waals surface area contributed by atoms with Gasteiger partial charge in [0.15, 0.2) is 9.84 Å². The number of nitrogen functional groups attached to an aromatic ring is 1. The van der Waals surface area contributed by atoms with E-state index >= 15 is 0 Å². The van der Waals surface area contributed by atoms with Crippen LogP contribution in [-0.2, 0) is 15.5 Å². The lowest BCUT2D eigenvalue weighted by Crippen LogP contribution is -2.51. The summed E-state index contributed by atoms with van der Waals surface area (Å²) in [5.74, 6) is -1.00. The van der Waals surface area contributed by atoms with Crippen LogP contribution in [0.5, 0.6) is 0 Å². The third-order valence-electron chi connectivity index (χ3n) is 4.32. The van der Waals surface area contributed by atoms with Crippen LogP contribution in [0, 0.1) is 0 Å². The highest BCUT2D eigenvalue weighted by molar-refractivity contribution is 7.91. The molecule has 0 saturated heterocycles. The number of rotatable bonds is 4. The summed E-state index contributed by atoms with van der Waals surface area (Å²) >= 11 is 0. The number of benzene rings is 2. The van der Waals surface area contributed by atoms with E-state index in [-0.39, 0.29) is 17.3 Å². The minimum atomic E-state index is -6.54. The van der Waals surface area contributed by atoms with Gasteiger partial charge in [-0.15, -0.1) is 0 Å². The van der Waals surface area contributed by atoms with Gasteiger partial charge >= 0.3 is 18.0 Å². The zero-order valence-electron chi connectivity index (χ0n) is 15.8. The highest BCUT2D eigenvalue weighted by atomic mass is 32.2. The van der Waals surface area contributed by atoms with Crippen LogP contribution >= 0.6 is 0 Å². The Morgan fingerprint density at radius 3 is 1.90 bits per heavy atom. The molecule has 0 saturated carbocycles. The quantitative estimate of drug-likeness (QED) is 0.533. The zero-order valence-corrected chi connectivity index (χ0v) is 16.7. The molecule has 0 aliphatic rings. The van der Waals surface area contributed by atoms with Crippen molar-refractivity contribution in [3.8, 4) is 0 Å². The van der Waals surface area contributed by atoms with E-state index in [0.29, 0.717) is 17.2 Å². The van der Waals surface area contributed by atoms with Gasteiger partial charge in [-0.1, -0.05) is 18.2 Å². The molecule has 2 aromatic carbocycles. The van der Waals surface area contributed by atoms with E-state index in [1.54, 1.807) is 0 Å². The molecule has 0 bridgehead atoms. The van der Waals surface area contributed by atoms with Crippen LogP contribution in [0.25, 0.3) is 0 Å². The Balaban J connectivity index is 2.85. The number of anilines is 2. The number of nitrogens with zero attached hydrogens (tertiary/aromatic N) is 1. The van der Waals surface area contributed by atoms with Crippen molar-refractivity contribution in [1.29, 1.82) is 0 Å². The minimum Gasteiger partial charge on any atom is -0.399 e. The normalized spacial score (nSPS) is 13.2. The number of hydrogen-bond acceptors (Lipinski definition) is 4. The maximum absolute atomic E-state index is 14.7. The summed E-state index contributed by atoms with van der Waals surface area (Å²) in [5.41, 5.74) is -3.54. The molecular formula is C18H15F7N2O3S. The number of carbonyl (C=O) groups is 1. The molecule has 2 rings (SSSR count). The Bertz CT molecular complexity index is 1100. The van der Waals surface area contributed by atoms with Crippen molar-refractivity contribution < 1.29 is 43.9 Å². The van der Waals surface area contributed by atoms with Crippen molar-refractivity contribution in [2.45, 2.75) is 22.9 Å². The lowest BCUT2D eigenvalue weighted by Gasteiger charge is -2.33. The van der Waals surface area contributed by atoms with Gasteiger partial charge in [0.1, 0.15) is 0 Å². The van der Waals surface area contributed by atoms with Crippen molar-refractivity contribution >= 4 is 27.1 Å². The second kappa shape index (κ2) is 7.70. The maximum atomic E-state index is 14.7. The van der Waals surface area contributed by atoms with E-state index in [4.69, 9.17) is 5.73 Å². The van der Waals surface area contributed by atoms with Crippen LogP contribution < -0.4 is 10.6 Å². The minimum absolute atomic E-state index is 0.0691. The maximum Gasteiger partial charge on any atom is 0.435 e. The van der Waals surface area contributed by atoms with E-state index in [1.807, 2.05) is 0 Å². The van der Waals surface area contributed by atoms with Crippen LogP contribution in [0.15, 0.2) is 47.4 Å². The molecule has 170 valence electrons. The Kier molecular flexibility index (Phi) is 6.07. The molecule has 0 spiro atoms. The second-order valence-corrected chi connectivity index (χ2v) is 8.52. The fourth-order valence-electron chi connectivity index (χ4n) is 2.89. The number of amides is 1. The van der Waals surface area contributed by atoms with Gasteiger partial charge in [-0.3, -0.25) is 4.79 Å². The first kappa shape index (κ1) is 24.4. The van der Waals surface area contributed by atoms with Crippen molar-refractivity contribution in [3.05, 3.63) is 53.6 Å². The molecular weight excluding hydrogens is 457 g/mol. The molecule has 31 heavy (non-hydrogen) atoms. The number of alkyl halides is 7. The summed E-state index contributed by atoms with van der Waals surface area (Å²) in [6.07, 6.45) is -12.8. The van der Waals surface area contributed by atoms with Gasteiger partial charge in [0.2, 0.25) is 0 Å². The summed E-state index contributed by atoms with van der Waals surface area (Å²) in [4.78, 5) is 11.6. The van der Waals surface area contributed by atoms with E-state index in [0.717, 1.165) is 19.2 Å². The second-order valence-electron chi connectivity index (χ2n) is 6.57.